The zero-order valence-electron chi connectivity index (χ0n) is 13.3. The second-order valence-electron chi connectivity index (χ2n) is 5.24. The minimum absolute atomic E-state index is 1.19. The number of allylic oxidation sites excluding steroid dienone is 3. The quantitative estimate of drug-likeness (QED) is 0.578. The topological polar surface area (TPSA) is 0 Å². The lowest BCUT2D eigenvalue weighted by atomic mass is 10.2. The summed E-state index contributed by atoms with van der Waals surface area (Å²) >= 11 is 0. The zero-order valence-corrected chi connectivity index (χ0v) is 14.2. The third-order valence-corrected chi connectivity index (χ3v) is 7.54. The molecule has 0 aliphatic rings. The van der Waals surface area contributed by atoms with Gasteiger partial charge in [-0.1, -0.05) is 54.1 Å². The largest absolute Gasteiger partial charge is 0.164 e. The average Bonchev–Trinajstić information content (AvgIpc) is 2.53. The van der Waals surface area contributed by atoms with Crippen molar-refractivity contribution in [3.63, 3.8) is 0 Å². The monoisotopic (exact) mass is 296 g/mol. The number of benzene rings is 2. The molecular weight excluding hydrogens is 272 g/mol. The van der Waals surface area contributed by atoms with E-state index in [4.69, 9.17) is 0 Å². The van der Waals surface area contributed by atoms with Crippen LogP contribution in [-0.2, 0) is 0 Å². The molecule has 0 heterocycles. The van der Waals surface area contributed by atoms with Crippen LogP contribution in [0.4, 0.5) is 0 Å². The molecule has 21 heavy (non-hydrogen) atoms. The van der Waals surface area contributed by atoms with E-state index in [1.165, 1.54) is 20.3 Å². The molecular formula is C20H24S. The van der Waals surface area contributed by atoms with Crippen LogP contribution in [0.15, 0.2) is 87.5 Å². The first-order chi connectivity index (χ1) is 10.1. The van der Waals surface area contributed by atoms with Gasteiger partial charge < -0.3 is 0 Å². The maximum Gasteiger partial charge on any atom is -0.00211 e. The Labute approximate surface area is 130 Å². The predicted molar refractivity (Wildman–Crippen MR) is 96.2 cm³/mol. The highest BCUT2D eigenvalue weighted by atomic mass is 32.3. The highest BCUT2D eigenvalue weighted by Gasteiger charge is 2.25. The van der Waals surface area contributed by atoms with E-state index in [0.29, 0.717) is 0 Å². The fourth-order valence-corrected chi connectivity index (χ4v) is 5.62. The highest BCUT2D eigenvalue weighted by molar-refractivity contribution is 8.36. The van der Waals surface area contributed by atoms with E-state index < -0.39 is 10.0 Å². The maximum atomic E-state index is 2.39. The Hall–Kier alpha value is -1.73. The minimum Gasteiger partial charge on any atom is -0.164 e. The molecule has 2 aromatic rings. The van der Waals surface area contributed by atoms with Crippen LogP contribution in [0.5, 0.6) is 0 Å². The lowest BCUT2D eigenvalue weighted by molar-refractivity contribution is 1.33. The molecule has 1 unspecified atom stereocenters. The van der Waals surface area contributed by atoms with Gasteiger partial charge in [-0.05, 0) is 66.0 Å². The van der Waals surface area contributed by atoms with Crippen molar-refractivity contribution in [2.45, 2.75) is 30.6 Å². The zero-order chi connectivity index (χ0) is 15.3. The van der Waals surface area contributed by atoms with Gasteiger partial charge in [-0.15, -0.1) is 0 Å². The number of hydrogen-bond donors (Lipinski definition) is 0. The predicted octanol–water partition coefficient (Wildman–Crippen LogP) is 6.33. The van der Waals surface area contributed by atoms with Gasteiger partial charge in [0.05, 0.1) is 0 Å². The van der Waals surface area contributed by atoms with E-state index in [2.05, 4.69) is 99.9 Å². The molecule has 0 nitrogen and oxygen atoms in total. The van der Waals surface area contributed by atoms with E-state index in [-0.39, 0.29) is 0 Å². The van der Waals surface area contributed by atoms with E-state index in [9.17, 15) is 0 Å². The van der Waals surface area contributed by atoms with Gasteiger partial charge in [-0.25, -0.2) is 0 Å². The smallest absolute Gasteiger partial charge is 0.00211 e. The summed E-state index contributed by atoms with van der Waals surface area (Å²) in [6, 6.07) is 19.9. The molecule has 0 N–H and O–H groups in total. The first-order valence-electron chi connectivity index (χ1n) is 7.32. The van der Waals surface area contributed by atoms with E-state index in [1.807, 2.05) is 0 Å². The van der Waals surface area contributed by atoms with Crippen molar-refractivity contribution in [1.82, 2.24) is 0 Å². The lowest BCUT2D eigenvalue weighted by Crippen LogP contribution is -2.02. The summed E-state index contributed by atoms with van der Waals surface area (Å²) in [5.41, 5.74) is 1.31. The minimum atomic E-state index is -1.19. The summed E-state index contributed by atoms with van der Waals surface area (Å²) in [6.07, 6.45) is 9.03. The molecule has 0 amide bonds. The molecule has 110 valence electrons. The molecule has 0 spiro atoms. The molecule has 0 radical (unpaired) electrons. The van der Waals surface area contributed by atoms with Crippen LogP contribution < -0.4 is 0 Å². The van der Waals surface area contributed by atoms with Gasteiger partial charge in [-0.2, -0.15) is 10.0 Å². The average molecular weight is 296 g/mol. The normalized spacial score (nSPS) is 16.7. The lowest BCUT2D eigenvalue weighted by Gasteiger charge is -2.38. The second-order valence-corrected chi connectivity index (χ2v) is 8.49. The molecule has 1 heteroatoms. The SMILES string of the molecule is C/C=C\C(=C/C)S(C)(c1ccccc1)c1ccc(C)cc1. The Morgan fingerprint density at radius 3 is 1.95 bits per heavy atom. The van der Waals surface area contributed by atoms with Crippen LogP contribution in [0, 0.1) is 6.92 Å². The van der Waals surface area contributed by atoms with Crippen molar-refractivity contribution in [1.29, 1.82) is 0 Å². The summed E-state index contributed by atoms with van der Waals surface area (Å²) < 4.78 is 0. The van der Waals surface area contributed by atoms with Gasteiger partial charge in [0.1, 0.15) is 0 Å². The molecule has 0 aliphatic carbocycles. The standard InChI is InChI=1S/C20H24S/c1-5-10-18(6-2)21(4,19-11-8-7-9-12-19)20-15-13-17(3)14-16-20/h5-16H,1-4H3/b10-5-,18-6+. The third-order valence-electron chi connectivity index (χ3n) is 3.79. The fraction of sp³-hybridized carbons (Fsp3) is 0.200. The first kappa shape index (κ1) is 15.7. The van der Waals surface area contributed by atoms with Gasteiger partial charge in [0.15, 0.2) is 0 Å². The molecule has 0 aromatic heterocycles. The van der Waals surface area contributed by atoms with Crippen LogP contribution >= 0.6 is 10.0 Å². The van der Waals surface area contributed by atoms with Crippen molar-refractivity contribution >= 4 is 10.0 Å². The molecule has 0 bridgehead atoms. The van der Waals surface area contributed by atoms with Crippen molar-refractivity contribution < 1.29 is 0 Å². The van der Waals surface area contributed by atoms with Crippen molar-refractivity contribution in [3.8, 4) is 0 Å². The maximum absolute atomic E-state index is 2.39. The molecule has 0 fully saturated rings. The Balaban J connectivity index is 2.67. The van der Waals surface area contributed by atoms with E-state index in [1.54, 1.807) is 0 Å². The summed E-state index contributed by atoms with van der Waals surface area (Å²) in [7, 11) is -1.19. The van der Waals surface area contributed by atoms with E-state index in [0.717, 1.165) is 0 Å². The van der Waals surface area contributed by atoms with Crippen molar-refractivity contribution in [3.05, 3.63) is 83.3 Å². The summed E-state index contributed by atoms with van der Waals surface area (Å²) in [6.45, 7) is 6.36. The number of hydrogen-bond acceptors (Lipinski definition) is 0. The van der Waals surface area contributed by atoms with E-state index >= 15 is 0 Å². The molecule has 1 atom stereocenters. The van der Waals surface area contributed by atoms with Crippen molar-refractivity contribution in [2.75, 3.05) is 6.26 Å². The van der Waals surface area contributed by atoms with Crippen LogP contribution in [0.1, 0.15) is 19.4 Å². The molecule has 0 aliphatic heterocycles. The number of aryl methyl sites for hydroxylation is 1. The van der Waals surface area contributed by atoms with Crippen LogP contribution in [0.3, 0.4) is 0 Å². The second kappa shape index (κ2) is 6.82. The summed E-state index contributed by atoms with van der Waals surface area (Å²) in [5, 5.41) is 0. The van der Waals surface area contributed by atoms with Crippen LogP contribution in [-0.4, -0.2) is 6.26 Å². The van der Waals surface area contributed by atoms with Crippen LogP contribution in [0.25, 0.3) is 0 Å². The van der Waals surface area contributed by atoms with Gasteiger partial charge >= 0.3 is 0 Å². The van der Waals surface area contributed by atoms with Gasteiger partial charge in [0, 0.05) is 0 Å². The molecule has 2 rings (SSSR count). The van der Waals surface area contributed by atoms with Crippen molar-refractivity contribution in [2.24, 2.45) is 0 Å². The van der Waals surface area contributed by atoms with Gasteiger partial charge in [-0.3, -0.25) is 0 Å². The Morgan fingerprint density at radius 1 is 0.857 bits per heavy atom. The third kappa shape index (κ3) is 3.14. The molecule has 2 aromatic carbocycles. The Kier molecular flexibility index (Phi) is 5.08. The van der Waals surface area contributed by atoms with Gasteiger partial charge in [0.25, 0.3) is 0 Å². The first-order valence-corrected chi connectivity index (χ1v) is 9.36. The molecule has 0 saturated heterocycles. The van der Waals surface area contributed by atoms with Crippen LogP contribution in [0.2, 0.25) is 0 Å². The molecule has 0 saturated carbocycles. The number of rotatable bonds is 4. The van der Waals surface area contributed by atoms with Gasteiger partial charge in [0.2, 0.25) is 0 Å². The highest BCUT2D eigenvalue weighted by Crippen LogP contribution is 2.65. The Morgan fingerprint density at radius 2 is 1.43 bits per heavy atom. The fourth-order valence-electron chi connectivity index (χ4n) is 2.54. The Bertz CT molecular complexity index is 635. The summed E-state index contributed by atoms with van der Waals surface area (Å²) in [4.78, 5) is 4.21. The summed E-state index contributed by atoms with van der Waals surface area (Å²) in [5.74, 6) is 0.